The maximum absolute atomic E-state index is 12.8. The molecular weight excluding hydrogens is 174 g/mol. The van der Waals surface area contributed by atoms with Crippen LogP contribution in [-0.4, -0.2) is 6.29 Å². The molecule has 0 fully saturated rings. The van der Waals surface area contributed by atoms with Gasteiger partial charge < -0.3 is 4.79 Å². The van der Waals surface area contributed by atoms with Crippen molar-refractivity contribution in [3.05, 3.63) is 34.9 Å². The minimum absolute atomic E-state index is 0.279. The second-order valence-corrected chi connectivity index (χ2v) is 2.91. The quantitative estimate of drug-likeness (QED) is 0.659. The van der Waals surface area contributed by atoms with Crippen molar-refractivity contribution in [3.63, 3.8) is 0 Å². The van der Waals surface area contributed by atoms with Gasteiger partial charge in [-0.15, -0.1) is 0 Å². The summed E-state index contributed by atoms with van der Waals surface area (Å²) in [5.41, 5.74) is 0.935. The summed E-state index contributed by atoms with van der Waals surface area (Å²) in [4.78, 5) is 10.0. The van der Waals surface area contributed by atoms with Gasteiger partial charge in [-0.1, -0.05) is 6.07 Å². The van der Waals surface area contributed by atoms with Gasteiger partial charge in [-0.3, -0.25) is 0 Å². The van der Waals surface area contributed by atoms with Crippen molar-refractivity contribution >= 4 is 6.29 Å². The Labute approximate surface area is 75.4 Å². The van der Waals surface area contributed by atoms with Crippen molar-refractivity contribution < 1.29 is 13.6 Å². The molecule has 13 heavy (non-hydrogen) atoms. The van der Waals surface area contributed by atoms with Gasteiger partial charge in [0.2, 0.25) is 0 Å². The summed E-state index contributed by atoms with van der Waals surface area (Å²) in [7, 11) is 0. The molecule has 1 nitrogen and oxygen atoms in total. The van der Waals surface area contributed by atoms with Gasteiger partial charge in [0, 0.05) is 6.42 Å². The van der Waals surface area contributed by atoms with E-state index in [0.29, 0.717) is 18.4 Å². The molecule has 0 aliphatic carbocycles. The van der Waals surface area contributed by atoms with E-state index in [2.05, 4.69) is 0 Å². The first kappa shape index (κ1) is 9.84. The SMILES string of the molecule is Cc1cc(CCC=O)cc(F)c1F. The summed E-state index contributed by atoms with van der Waals surface area (Å²) in [5, 5.41) is 0. The molecule has 0 saturated carbocycles. The van der Waals surface area contributed by atoms with Crippen molar-refractivity contribution in [2.45, 2.75) is 19.8 Å². The van der Waals surface area contributed by atoms with E-state index in [0.717, 1.165) is 12.4 Å². The molecule has 0 N–H and O–H groups in total. The van der Waals surface area contributed by atoms with E-state index in [4.69, 9.17) is 0 Å². The molecule has 1 rings (SSSR count). The lowest BCUT2D eigenvalue weighted by molar-refractivity contribution is -0.107. The average Bonchev–Trinajstić information content (AvgIpc) is 2.10. The highest BCUT2D eigenvalue weighted by atomic mass is 19.2. The number of carbonyl (C=O) groups is 1. The van der Waals surface area contributed by atoms with Gasteiger partial charge in [0.05, 0.1) is 0 Å². The Balaban J connectivity index is 2.92. The summed E-state index contributed by atoms with van der Waals surface area (Å²) in [6, 6.07) is 2.69. The van der Waals surface area contributed by atoms with Crippen molar-refractivity contribution in [1.29, 1.82) is 0 Å². The Bertz CT molecular complexity index is 298. The van der Waals surface area contributed by atoms with E-state index in [1.807, 2.05) is 0 Å². The standard InChI is InChI=1S/C10H10F2O/c1-7-5-8(3-2-4-13)6-9(11)10(7)12/h4-6H,2-3H2,1H3. The third kappa shape index (κ3) is 2.34. The molecule has 0 bridgehead atoms. The smallest absolute Gasteiger partial charge is 0.161 e. The molecule has 0 amide bonds. The first-order valence-electron chi connectivity index (χ1n) is 4.03. The Kier molecular flexibility index (Phi) is 3.12. The van der Waals surface area contributed by atoms with Crippen molar-refractivity contribution in [3.8, 4) is 0 Å². The number of aldehydes is 1. The number of rotatable bonds is 3. The number of hydrogen-bond acceptors (Lipinski definition) is 1. The van der Waals surface area contributed by atoms with Gasteiger partial charge in [-0.05, 0) is 30.5 Å². The molecular formula is C10H10F2O. The molecule has 3 heteroatoms. The topological polar surface area (TPSA) is 17.1 Å². The maximum atomic E-state index is 12.8. The highest BCUT2D eigenvalue weighted by Crippen LogP contribution is 2.14. The summed E-state index contributed by atoms with van der Waals surface area (Å²) in [6.07, 6.45) is 1.56. The summed E-state index contributed by atoms with van der Waals surface area (Å²) in [5.74, 6) is -1.66. The zero-order valence-electron chi connectivity index (χ0n) is 7.31. The largest absolute Gasteiger partial charge is 0.303 e. The van der Waals surface area contributed by atoms with Crippen LogP contribution in [0.4, 0.5) is 8.78 Å². The minimum Gasteiger partial charge on any atom is -0.303 e. The van der Waals surface area contributed by atoms with Gasteiger partial charge >= 0.3 is 0 Å². The molecule has 0 radical (unpaired) electrons. The van der Waals surface area contributed by atoms with Crippen molar-refractivity contribution in [1.82, 2.24) is 0 Å². The molecule has 0 aliphatic heterocycles. The number of halogens is 2. The Morgan fingerprint density at radius 3 is 2.62 bits per heavy atom. The molecule has 0 saturated heterocycles. The first-order valence-corrected chi connectivity index (χ1v) is 4.03. The molecule has 0 unspecified atom stereocenters. The average molecular weight is 184 g/mol. The van der Waals surface area contributed by atoms with Crippen LogP contribution >= 0.6 is 0 Å². The third-order valence-electron chi connectivity index (χ3n) is 1.82. The van der Waals surface area contributed by atoms with Gasteiger partial charge in [0.25, 0.3) is 0 Å². The number of aryl methyl sites for hydroxylation is 2. The molecule has 70 valence electrons. The number of benzene rings is 1. The molecule has 0 atom stereocenters. The van der Waals surface area contributed by atoms with Crippen LogP contribution in [0.5, 0.6) is 0 Å². The molecule has 0 aromatic heterocycles. The fourth-order valence-electron chi connectivity index (χ4n) is 1.17. The van der Waals surface area contributed by atoms with E-state index in [1.165, 1.54) is 6.92 Å². The monoisotopic (exact) mass is 184 g/mol. The van der Waals surface area contributed by atoms with E-state index >= 15 is 0 Å². The predicted molar refractivity (Wildman–Crippen MR) is 45.5 cm³/mol. The van der Waals surface area contributed by atoms with Crippen LogP contribution < -0.4 is 0 Å². The minimum atomic E-state index is -0.846. The summed E-state index contributed by atoms with van der Waals surface area (Å²) in [6.45, 7) is 1.50. The predicted octanol–water partition coefficient (Wildman–Crippen LogP) is 2.40. The fraction of sp³-hybridized carbons (Fsp3) is 0.300. The van der Waals surface area contributed by atoms with Crippen molar-refractivity contribution in [2.75, 3.05) is 0 Å². The molecule has 1 aromatic rings. The van der Waals surface area contributed by atoms with E-state index in [-0.39, 0.29) is 5.56 Å². The normalized spacial score (nSPS) is 10.1. The Hall–Kier alpha value is -1.25. The molecule has 0 aliphatic rings. The van der Waals surface area contributed by atoms with Crippen LogP contribution in [0, 0.1) is 18.6 Å². The maximum Gasteiger partial charge on any atom is 0.161 e. The van der Waals surface area contributed by atoms with Crippen LogP contribution in [0.25, 0.3) is 0 Å². The highest BCUT2D eigenvalue weighted by Gasteiger charge is 2.06. The zero-order chi connectivity index (χ0) is 9.84. The van der Waals surface area contributed by atoms with Crippen molar-refractivity contribution in [2.24, 2.45) is 0 Å². The second kappa shape index (κ2) is 4.12. The first-order chi connectivity index (χ1) is 6.15. The highest BCUT2D eigenvalue weighted by molar-refractivity contribution is 5.50. The second-order valence-electron chi connectivity index (χ2n) is 2.91. The number of hydrogen-bond donors (Lipinski definition) is 0. The van der Waals surface area contributed by atoms with Gasteiger partial charge in [0.15, 0.2) is 11.6 Å². The summed E-state index contributed by atoms with van der Waals surface area (Å²) >= 11 is 0. The van der Waals surface area contributed by atoms with E-state index in [1.54, 1.807) is 6.07 Å². The summed E-state index contributed by atoms with van der Waals surface area (Å²) < 4.78 is 25.6. The van der Waals surface area contributed by atoms with Crippen LogP contribution in [0.2, 0.25) is 0 Å². The van der Waals surface area contributed by atoms with E-state index in [9.17, 15) is 13.6 Å². The lowest BCUT2D eigenvalue weighted by Crippen LogP contribution is -1.94. The van der Waals surface area contributed by atoms with E-state index < -0.39 is 11.6 Å². The van der Waals surface area contributed by atoms with Gasteiger partial charge in [-0.2, -0.15) is 0 Å². The molecule has 0 heterocycles. The zero-order valence-corrected chi connectivity index (χ0v) is 7.31. The Morgan fingerprint density at radius 1 is 1.38 bits per heavy atom. The van der Waals surface area contributed by atoms with Gasteiger partial charge in [-0.25, -0.2) is 8.78 Å². The van der Waals surface area contributed by atoms with Crippen LogP contribution in [-0.2, 0) is 11.2 Å². The van der Waals surface area contributed by atoms with Crippen LogP contribution in [0.1, 0.15) is 17.5 Å². The fourth-order valence-corrected chi connectivity index (χ4v) is 1.17. The number of carbonyl (C=O) groups excluding carboxylic acids is 1. The van der Waals surface area contributed by atoms with Gasteiger partial charge in [0.1, 0.15) is 6.29 Å². The van der Waals surface area contributed by atoms with Crippen LogP contribution in [0.3, 0.4) is 0 Å². The Morgan fingerprint density at radius 2 is 2.08 bits per heavy atom. The third-order valence-corrected chi connectivity index (χ3v) is 1.82. The lowest BCUT2D eigenvalue weighted by Gasteiger charge is -2.02. The molecule has 1 aromatic carbocycles. The lowest BCUT2D eigenvalue weighted by atomic mass is 10.1. The van der Waals surface area contributed by atoms with Crippen LogP contribution in [0.15, 0.2) is 12.1 Å². The molecule has 0 spiro atoms.